The van der Waals surface area contributed by atoms with Gasteiger partial charge >= 0.3 is 0 Å². The number of nitrogens with one attached hydrogen (secondary N) is 1. The second-order valence-electron chi connectivity index (χ2n) is 6.31. The molecule has 1 saturated carbocycles. The molecule has 0 aliphatic heterocycles. The van der Waals surface area contributed by atoms with Gasteiger partial charge in [0.25, 0.3) is 5.91 Å². The molecule has 1 atom stereocenters. The smallest absolute Gasteiger partial charge is 0.270 e. The number of rotatable bonds is 5. The monoisotopic (exact) mass is 370 g/mol. The van der Waals surface area contributed by atoms with E-state index >= 15 is 0 Å². The van der Waals surface area contributed by atoms with Crippen LogP contribution >= 0.6 is 22.7 Å². The summed E-state index contributed by atoms with van der Waals surface area (Å²) in [5.74, 6) is 0.546. The van der Waals surface area contributed by atoms with Crippen molar-refractivity contribution in [3.63, 3.8) is 0 Å². The van der Waals surface area contributed by atoms with Gasteiger partial charge in [-0.05, 0) is 44.7 Å². The van der Waals surface area contributed by atoms with E-state index in [0.29, 0.717) is 11.6 Å². The zero-order chi connectivity index (χ0) is 17.4. The van der Waals surface area contributed by atoms with E-state index in [1.165, 1.54) is 24.2 Å². The average molecular weight is 371 g/mol. The van der Waals surface area contributed by atoms with Gasteiger partial charge in [-0.15, -0.1) is 22.7 Å². The predicted molar refractivity (Wildman–Crippen MR) is 101 cm³/mol. The topological polar surface area (TPSA) is 67.8 Å². The normalized spacial score (nSPS) is 15.1. The maximum absolute atomic E-state index is 12.4. The number of carbonyl (C=O) groups is 1. The van der Waals surface area contributed by atoms with Gasteiger partial charge in [-0.2, -0.15) is 0 Å². The first-order valence-corrected chi connectivity index (χ1v) is 9.96. The van der Waals surface area contributed by atoms with Crippen molar-refractivity contribution in [3.8, 4) is 20.5 Å². The van der Waals surface area contributed by atoms with Gasteiger partial charge in [0.15, 0.2) is 0 Å². The fourth-order valence-corrected chi connectivity index (χ4v) is 4.68. The molecule has 1 unspecified atom stereocenters. The Bertz CT molecular complexity index is 899. The van der Waals surface area contributed by atoms with E-state index in [2.05, 4.69) is 27.2 Å². The minimum absolute atomic E-state index is 0.0865. The van der Waals surface area contributed by atoms with Gasteiger partial charge in [-0.3, -0.25) is 9.78 Å². The van der Waals surface area contributed by atoms with Crippen molar-refractivity contribution in [2.24, 2.45) is 5.92 Å². The molecule has 3 heterocycles. The van der Waals surface area contributed by atoms with Gasteiger partial charge < -0.3 is 5.32 Å². The molecule has 0 aromatic carbocycles. The molecule has 1 aliphatic carbocycles. The molecule has 0 spiro atoms. The number of amides is 1. The van der Waals surface area contributed by atoms with Gasteiger partial charge in [0.05, 0.1) is 10.6 Å². The zero-order valence-electron chi connectivity index (χ0n) is 14.0. The molecule has 0 radical (unpaired) electrons. The Morgan fingerprint density at radius 3 is 2.88 bits per heavy atom. The first-order valence-electron chi connectivity index (χ1n) is 8.26. The Hall–Kier alpha value is -2.12. The van der Waals surface area contributed by atoms with Crippen molar-refractivity contribution in [1.82, 2.24) is 20.3 Å². The lowest BCUT2D eigenvalue weighted by atomic mass is 10.2. The number of hydrogen-bond donors (Lipinski definition) is 1. The zero-order valence-corrected chi connectivity index (χ0v) is 15.7. The van der Waals surface area contributed by atoms with E-state index < -0.39 is 0 Å². The van der Waals surface area contributed by atoms with Crippen LogP contribution in [0.3, 0.4) is 0 Å². The largest absolute Gasteiger partial charge is 0.348 e. The first kappa shape index (κ1) is 16.4. The maximum atomic E-state index is 12.4. The van der Waals surface area contributed by atoms with Crippen molar-refractivity contribution in [2.45, 2.75) is 32.7 Å². The molecule has 7 heteroatoms. The van der Waals surface area contributed by atoms with Gasteiger partial charge in [0, 0.05) is 29.4 Å². The quantitative estimate of drug-likeness (QED) is 0.732. The van der Waals surface area contributed by atoms with Crippen molar-refractivity contribution in [1.29, 1.82) is 0 Å². The van der Waals surface area contributed by atoms with Crippen LogP contribution in [-0.2, 0) is 0 Å². The summed E-state index contributed by atoms with van der Waals surface area (Å²) in [6.07, 6.45) is 5.98. The molecular formula is C18H18N4OS2. The highest BCUT2D eigenvalue weighted by molar-refractivity contribution is 7.23. The summed E-state index contributed by atoms with van der Waals surface area (Å²) >= 11 is 3.07. The molecule has 5 nitrogen and oxygen atoms in total. The van der Waals surface area contributed by atoms with E-state index in [1.54, 1.807) is 17.5 Å². The maximum Gasteiger partial charge on any atom is 0.270 e. The van der Waals surface area contributed by atoms with E-state index in [1.807, 2.05) is 30.6 Å². The third-order valence-corrected chi connectivity index (χ3v) is 6.53. The molecule has 1 aliphatic rings. The van der Waals surface area contributed by atoms with Crippen LogP contribution in [-0.4, -0.2) is 26.9 Å². The summed E-state index contributed by atoms with van der Waals surface area (Å²) < 4.78 is 0. The minimum Gasteiger partial charge on any atom is -0.348 e. The standard InChI is InChI=1S/C18H18N4OS2/c1-10(12-5-6-12)20-16(23)14-9-24-18(22-14)15-11(2)21-17(25-15)13-4-3-7-19-8-13/h3-4,7-10,12H,5-6H2,1-2H3,(H,20,23). The summed E-state index contributed by atoms with van der Waals surface area (Å²) in [4.78, 5) is 26.7. The van der Waals surface area contributed by atoms with Crippen molar-refractivity contribution >= 4 is 28.6 Å². The third kappa shape index (κ3) is 3.48. The Morgan fingerprint density at radius 1 is 1.32 bits per heavy atom. The van der Waals surface area contributed by atoms with Gasteiger partial charge in [0.1, 0.15) is 15.7 Å². The van der Waals surface area contributed by atoms with Crippen LogP contribution in [0.5, 0.6) is 0 Å². The lowest BCUT2D eigenvalue weighted by molar-refractivity contribution is 0.0931. The highest BCUT2D eigenvalue weighted by Crippen LogP contribution is 2.36. The minimum atomic E-state index is -0.0865. The van der Waals surface area contributed by atoms with Crippen LogP contribution in [0.4, 0.5) is 0 Å². The molecule has 128 valence electrons. The van der Waals surface area contributed by atoms with Crippen LogP contribution < -0.4 is 5.32 Å². The Balaban J connectivity index is 1.55. The number of nitrogens with zero attached hydrogens (tertiary/aromatic N) is 3. The summed E-state index contributed by atoms with van der Waals surface area (Å²) in [7, 11) is 0. The summed E-state index contributed by atoms with van der Waals surface area (Å²) in [6, 6.07) is 4.12. The van der Waals surface area contributed by atoms with E-state index in [4.69, 9.17) is 0 Å². The lowest BCUT2D eigenvalue weighted by Crippen LogP contribution is -2.34. The van der Waals surface area contributed by atoms with Crippen LogP contribution in [0, 0.1) is 12.8 Å². The van der Waals surface area contributed by atoms with Crippen LogP contribution in [0.15, 0.2) is 29.9 Å². The molecule has 1 fully saturated rings. The van der Waals surface area contributed by atoms with Crippen molar-refractivity contribution in [2.75, 3.05) is 0 Å². The van der Waals surface area contributed by atoms with Crippen LogP contribution in [0.1, 0.15) is 35.9 Å². The molecule has 0 bridgehead atoms. The van der Waals surface area contributed by atoms with E-state index in [0.717, 1.165) is 26.1 Å². The number of aryl methyl sites for hydroxylation is 1. The van der Waals surface area contributed by atoms with E-state index in [9.17, 15) is 4.79 Å². The first-order chi connectivity index (χ1) is 12.1. The molecule has 4 rings (SSSR count). The number of aromatic nitrogens is 3. The van der Waals surface area contributed by atoms with Crippen LogP contribution in [0.25, 0.3) is 20.5 Å². The van der Waals surface area contributed by atoms with Gasteiger partial charge in [-0.25, -0.2) is 9.97 Å². The van der Waals surface area contributed by atoms with Crippen molar-refractivity contribution < 1.29 is 4.79 Å². The fraction of sp³-hybridized carbons (Fsp3) is 0.333. The van der Waals surface area contributed by atoms with E-state index in [-0.39, 0.29) is 11.9 Å². The molecule has 1 N–H and O–H groups in total. The van der Waals surface area contributed by atoms with Gasteiger partial charge in [-0.1, -0.05) is 0 Å². The fourth-order valence-electron chi connectivity index (χ4n) is 2.68. The van der Waals surface area contributed by atoms with Crippen molar-refractivity contribution in [3.05, 3.63) is 41.3 Å². The molecule has 3 aromatic heterocycles. The highest BCUT2D eigenvalue weighted by Gasteiger charge is 2.29. The summed E-state index contributed by atoms with van der Waals surface area (Å²) in [5.41, 5.74) is 2.41. The van der Waals surface area contributed by atoms with Gasteiger partial charge in [0.2, 0.25) is 0 Å². The number of thiazole rings is 2. The summed E-state index contributed by atoms with van der Waals surface area (Å²) in [5, 5.41) is 6.64. The average Bonchev–Trinajstić information content (AvgIpc) is 3.23. The Labute approximate surface area is 154 Å². The number of pyridine rings is 1. The Morgan fingerprint density at radius 2 is 2.16 bits per heavy atom. The Kier molecular flexibility index (Phi) is 4.35. The second kappa shape index (κ2) is 6.65. The number of carbonyl (C=O) groups excluding carboxylic acids is 1. The SMILES string of the molecule is Cc1nc(-c2cccnc2)sc1-c1nc(C(=O)NC(C)C2CC2)cs1. The third-order valence-electron chi connectivity index (χ3n) is 4.32. The lowest BCUT2D eigenvalue weighted by Gasteiger charge is -2.10. The predicted octanol–water partition coefficient (Wildman–Crippen LogP) is 4.17. The highest BCUT2D eigenvalue weighted by atomic mass is 32.1. The molecule has 25 heavy (non-hydrogen) atoms. The second-order valence-corrected chi connectivity index (χ2v) is 8.17. The van der Waals surface area contributed by atoms with Crippen LogP contribution in [0.2, 0.25) is 0 Å². The summed E-state index contributed by atoms with van der Waals surface area (Å²) in [6.45, 7) is 4.04. The molecule has 0 saturated heterocycles. The molecule has 3 aromatic rings. The number of hydrogen-bond acceptors (Lipinski definition) is 6. The molecule has 1 amide bonds. The molecular weight excluding hydrogens is 352 g/mol.